The van der Waals surface area contributed by atoms with E-state index in [2.05, 4.69) is 6.92 Å². The molecule has 0 aliphatic carbocycles. The molecular formula is C10H20O2. The minimum absolute atomic E-state index is 0.248. The van der Waals surface area contributed by atoms with Gasteiger partial charge in [0.15, 0.2) is 0 Å². The molecule has 2 N–H and O–H groups in total. The lowest BCUT2D eigenvalue weighted by Crippen LogP contribution is -2.13. The average molecular weight is 172 g/mol. The molecule has 72 valence electrons. The van der Waals surface area contributed by atoms with E-state index in [-0.39, 0.29) is 6.61 Å². The van der Waals surface area contributed by atoms with Gasteiger partial charge in [0.2, 0.25) is 0 Å². The third kappa shape index (κ3) is 7.76. The summed E-state index contributed by atoms with van der Waals surface area (Å²) in [5, 5.41) is 17.9. The Morgan fingerprint density at radius 2 is 2.00 bits per heavy atom. The van der Waals surface area contributed by atoms with Crippen LogP contribution in [0.5, 0.6) is 0 Å². The van der Waals surface area contributed by atoms with Gasteiger partial charge in [0.05, 0.1) is 5.60 Å². The first kappa shape index (κ1) is 11.7. The summed E-state index contributed by atoms with van der Waals surface area (Å²) in [7, 11) is 0. The van der Waals surface area contributed by atoms with Crippen LogP contribution in [0.1, 0.15) is 33.6 Å². The van der Waals surface area contributed by atoms with Gasteiger partial charge in [0.1, 0.15) is 0 Å². The number of rotatable bonds is 5. The standard InChI is InChI=1S/C10H20O2/c1-9(6-8-11)5-4-7-10(2,3)12/h4,7,9,11-12H,5-6,8H2,1-3H3/b7-4+. The van der Waals surface area contributed by atoms with E-state index >= 15 is 0 Å². The Kier molecular flexibility index (Phi) is 5.18. The Hall–Kier alpha value is -0.340. The van der Waals surface area contributed by atoms with Gasteiger partial charge in [-0.1, -0.05) is 19.1 Å². The Labute approximate surface area is 74.9 Å². The molecule has 2 nitrogen and oxygen atoms in total. The smallest absolute Gasteiger partial charge is 0.0771 e. The molecule has 0 saturated carbocycles. The number of aliphatic hydroxyl groups excluding tert-OH is 1. The van der Waals surface area contributed by atoms with Crippen molar-refractivity contribution in [3.63, 3.8) is 0 Å². The third-order valence-electron chi connectivity index (χ3n) is 1.69. The van der Waals surface area contributed by atoms with E-state index in [0.29, 0.717) is 5.92 Å². The molecule has 0 rings (SSSR count). The van der Waals surface area contributed by atoms with Gasteiger partial charge in [-0.2, -0.15) is 0 Å². The first-order valence-corrected chi connectivity index (χ1v) is 4.46. The van der Waals surface area contributed by atoms with E-state index in [1.54, 1.807) is 19.9 Å². The molecular weight excluding hydrogens is 152 g/mol. The highest BCUT2D eigenvalue weighted by Crippen LogP contribution is 2.10. The second-order valence-electron chi connectivity index (χ2n) is 3.91. The molecule has 0 aliphatic rings. The van der Waals surface area contributed by atoms with Gasteiger partial charge in [-0.25, -0.2) is 0 Å². The zero-order chi connectivity index (χ0) is 9.61. The molecule has 0 aromatic heterocycles. The van der Waals surface area contributed by atoms with E-state index in [1.165, 1.54) is 0 Å². The van der Waals surface area contributed by atoms with Crippen molar-refractivity contribution in [1.82, 2.24) is 0 Å². The second-order valence-corrected chi connectivity index (χ2v) is 3.91. The van der Waals surface area contributed by atoms with E-state index < -0.39 is 5.60 Å². The van der Waals surface area contributed by atoms with Crippen LogP contribution in [0.3, 0.4) is 0 Å². The first-order chi connectivity index (χ1) is 5.45. The molecule has 1 unspecified atom stereocenters. The Morgan fingerprint density at radius 1 is 1.42 bits per heavy atom. The molecule has 0 heterocycles. The van der Waals surface area contributed by atoms with Gasteiger partial charge < -0.3 is 10.2 Å². The SMILES string of the molecule is CC(C/C=C/C(C)(C)O)CCO. The van der Waals surface area contributed by atoms with Crippen LogP contribution in [0.2, 0.25) is 0 Å². The summed E-state index contributed by atoms with van der Waals surface area (Å²) in [6, 6.07) is 0. The zero-order valence-electron chi connectivity index (χ0n) is 8.25. The van der Waals surface area contributed by atoms with Crippen LogP contribution < -0.4 is 0 Å². The molecule has 1 atom stereocenters. The molecule has 0 aliphatic heterocycles. The normalized spacial score (nSPS) is 15.4. The predicted octanol–water partition coefficient (Wildman–Crippen LogP) is 1.72. The maximum absolute atomic E-state index is 9.32. The van der Waals surface area contributed by atoms with Crippen molar-refractivity contribution in [3.05, 3.63) is 12.2 Å². The van der Waals surface area contributed by atoms with E-state index in [0.717, 1.165) is 12.8 Å². The van der Waals surface area contributed by atoms with E-state index in [4.69, 9.17) is 5.11 Å². The van der Waals surface area contributed by atoms with E-state index in [9.17, 15) is 5.11 Å². The van der Waals surface area contributed by atoms with Gasteiger partial charge in [0.25, 0.3) is 0 Å². The summed E-state index contributed by atoms with van der Waals surface area (Å²) in [5.41, 5.74) is -0.709. The summed E-state index contributed by atoms with van der Waals surface area (Å²) in [6.45, 7) is 5.84. The number of allylic oxidation sites excluding steroid dienone is 1. The van der Waals surface area contributed by atoms with Crippen LogP contribution in [0.4, 0.5) is 0 Å². The third-order valence-corrected chi connectivity index (χ3v) is 1.69. The van der Waals surface area contributed by atoms with Crippen LogP contribution in [-0.4, -0.2) is 22.4 Å². The molecule has 0 aromatic carbocycles. The monoisotopic (exact) mass is 172 g/mol. The van der Waals surface area contributed by atoms with Gasteiger partial charge in [0, 0.05) is 6.61 Å². The van der Waals surface area contributed by atoms with Crippen molar-refractivity contribution in [2.24, 2.45) is 5.92 Å². The Bertz CT molecular complexity index is 133. The van der Waals surface area contributed by atoms with Crippen LogP contribution >= 0.6 is 0 Å². The Balaban J connectivity index is 3.60. The fourth-order valence-corrected chi connectivity index (χ4v) is 0.927. The van der Waals surface area contributed by atoms with Crippen molar-refractivity contribution in [1.29, 1.82) is 0 Å². The molecule has 0 bridgehead atoms. The van der Waals surface area contributed by atoms with Gasteiger partial charge in [-0.15, -0.1) is 0 Å². The van der Waals surface area contributed by atoms with Crippen LogP contribution in [0.15, 0.2) is 12.2 Å². The highest BCUT2D eigenvalue weighted by Gasteiger charge is 2.05. The van der Waals surface area contributed by atoms with Gasteiger partial charge >= 0.3 is 0 Å². The molecule has 2 heteroatoms. The minimum atomic E-state index is -0.709. The van der Waals surface area contributed by atoms with Gasteiger partial charge in [-0.3, -0.25) is 0 Å². The lowest BCUT2D eigenvalue weighted by Gasteiger charge is -2.11. The Morgan fingerprint density at radius 3 is 2.42 bits per heavy atom. The summed E-state index contributed by atoms with van der Waals surface area (Å²) >= 11 is 0. The molecule has 12 heavy (non-hydrogen) atoms. The van der Waals surface area contributed by atoms with Crippen LogP contribution in [0.25, 0.3) is 0 Å². The predicted molar refractivity (Wildman–Crippen MR) is 50.9 cm³/mol. The fraction of sp³-hybridized carbons (Fsp3) is 0.800. The zero-order valence-corrected chi connectivity index (χ0v) is 8.25. The number of hydrogen-bond donors (Lipinski definition) is 2. The number of aliphatic hydroxyl groups is 2. The largest absolute Gasteiger partial charge is 0.396 e. The highest BCUT2D eigenvalue weighted by molar-refractivity contribution is 4.95. The minimum Gasteiger partial charge on any atom is -0.396 e. The van der Waals surface area contributed by atoms with Crippen molar-refractivity contribution in [3.8, 4) is 0 Å². The molecule has 0 spiro atoms. The second kappa shape index (κ2) is 5.33. The van der Waals surface area contributed by atoms with Crippen molar-refractivity contribution >= 4 is 0 Å². The maximum atomic E-state index is 9.32. The topological polar surface area (TPSA) is 40.5 Å². The lowest BCUT2D eigenvalue weighted by molar-refractivity contribution is 0.132. The number of hydrogen-bond acceptors (Lipinski definition) is 2. The van der Waals surface area contributed by atoms with Crippen LogP contribution in [0, 0.1) is 5.92 Å². The quantitative estimate of drug-likeness (QED) is 0.620. The lowest BCUT2D eigenvalue weighted by atomic mass is 10.0. The summed E-state index contributed by atoms with van der Waals surface area (Å²) < 4.78 is 0. The highest BCUT2D eigenvalue weighted by atomic mass is 16.3. The molecule has 0 radical (unpaired) electrons. The molecule has 0 fully saturated rings. The van der Waals surface area contributed by atoms with Crippen molar-refractivity contribution < 1.29 is 10.2 Å². The molecule has 0 saturated heterocycles. The fourth-order valence-electron chi connectivity index (χ4n) is 0.927. The van der Waals surface area contributed by atoms with Crippen LogP contribution in [-0.2, 0) is 0 Å². The van der Waals surface area contributed by atoms with Crippen molar-refractivity contribution in [2.45, 2.75) is 39.2 Å². The summed E-state index contributed by atoms with van der Waals surface area (Å²) in [4.78, 5) is 0. The molecule has 0 aromatic rings. The first-order valence-electron chi connectivity index (χ1n) is 4.46. The summed E-state index contributed by atoms with van der Waals surface area (Å²) in [6.07, 6.45) is 5.52. The average Bonchev–Trinajstić information content (AvgIpc) is 1.84. The van der Waals surface area contributed by atoms with E-state index in [1.807, 2.05) is 6.08 Å². The maximum Gasteiger partial charge on any atom is 0.0771 e. The summed E-state index contributed by atoms with van der Waals surface area (Å²) in [5.74, 6) is 0.494. The van der Waals surface area contributed by atoms with Crippen molar-refractivity contribution in [2.75, 3.05) is 6.61 Å². The molecule has 0 amide bonds. The van der Waals surface area contributed by atoms with Gasteiger partial charge in [-0.05, 0) is 32.6 Å².